The molecule has 14 heavy (non-hydrogen) atoms. The lowest BCUT2D eigenvalue weighted by Crippen LogP contribution is -2.02. The smallest absolute Gasteiger partial charge is 0.163 e. The summed E-state index contributed by atoms with van der Waals surface area (Å²) in [5.74, 6) is 0.610. The monoisotopic (exact) mass is 257 g/mol. The zero-order valence-electron chi connectivity index (χ0n) is 8.13. The maximum atomic E-state index is 11.2. The van der Waals surface area contributed by atoms with Crippen molar-refractivity contribution in [3.63, 3.8) is 0 Å². The van der Waals surface area contributed by atoms with Gasteiger partial charge in [-0.1, -0.05) is 0 Å². The Morgan fingerprint density at radius 2 is 2.21 bits per heavy atom. The Kier molecular flexibility index (Phi) is 3.52. The number of halogens is 1. The average molecular weight is 258 g/mol. The second-order valence-electron chi connectivity index (χ2n) is 2.86. The summed E-state index contributed by atoms with van der Waals surface area (Å²) < 4.78 is 5.96. The highest BCUT2D eigenvalue weighted by atomic mass is 79.9. The van der Waals surface area contributed by atoms with E-state index in [0.29, 0.717) is 28.1 Å². The highest BCUT2D eigenvalue weighted by Crippen LogP contribution is 2.29. The molecule has 76 valence electrons. The number of carbonyl (C=O) groups is 1. The van der Waals surface area contributed by atoms with Gasteiger partial charge in [-0.05, 0) is 35.8 Å². The lowest BCUT2D eigenvalue weighted by molar-refractivity contribution is 0.101. The van der Waals surface area contributed by atoms with Crippen molar-refractivity contribution in [3.05, 3.63) is 22.2 Å². The fourth-order valence-electron chi connectivity index (χ4n) is 1.22. The summed E-state index contributed by atoms with van der Waals surface area (Å²) in [6.07, 6.45) is 0. The number of benzene rings is 1. The molecular formula is C10H12BrNO2. The molecule has 0 unspecified atom stereocenters. The predicted octanol–water partition coefficient (Wildman–Crippen LogP) is 2.63. The van der Waals surface area contributed by atoms with Crippen LogP contribution in [-0.2, 0) is 0 Å². The van der Waals surface area contributed by atoms with Crippen molar-refractivity contribution in [1.29, 1.82) is 0 Å². The van der Waals surface area contributed by atoms with Crippen molar-refractivity contribution >= 4 is 27.4 Å². The van der Waals surface area contributed by atoms with Gasteiger partial charge in [0.25, 0.3) is 0 Å². The Morgan fingerprint density at radius 3 is 2.64 bits per heavy atom. The highest BCUT2D eigenvalue weighted by Gasteiger charge is 2.11. The number of nitrogen functional groups attached to an aromatic ring is 1. The minimum Gasteiger partial charge on any atom is -0.494 e. The van der Waals surface area contributed by atoms with Gasteiger partial charge in [-0.15, -0.1) is 0 Å². The summed E-state index contributed by atoms with van der Waals surface area (Å²) in [4.78, 5) is 11.2. The van der Waals surface area contributed by atoms with E-state index in [-0.39, 0.29) is 5.78 Å². The Balaban J connectivity index is 3.18. The molecule has 0 saturated carbocycles. The number of rotatable bonds is 3. The largest absolute Gasteiger partial charge is 0.494 e. The molecule has 2 N–H and O–H groups in total. The molecule has 0 aliphatic heterocycles. The third-order valence-electron chi connectivity index (χ3n) is 1.76. The molecule has 0 amide bonds. The molecule has 1 aromatic rings. The van der Waals surface area contributed by atoms with Gasteiger partial charge in [0, 0.05) is 16.2 Å². The number of hydrogen-bond acceptors (Lipinski definition) is 3. The fourth-order valence-corrected chi connectivity index (χ4v) is 1.96. The Hall–Kier alpha value is -1.03. The molecule has 0 atom stereocenters. The lowest BCUT2D eigenvalue weighted by atomic mass is 10.1. The summed E-state index contributed by atoms with van der Waals surface area (Å²) in [6.45, 7) is 3.95. The van der Waals surface area contributed by atoms with Crippen LogP contribution in [0, 0.1) is 0 Å². The van der Waals surface area contributed by atoms with Crippen molar-refractivity contribution in [2.24, 2.45) is 0 Å². The van der Waals surface area contributed by atoms with Crippen LogP contribution in [0.1, 0.15) is 24.2 Å². The minimum absolute atomic E-state index is 0.0579. The predicted molar refractivity (Wildman–Crippen MR) is 59.7 cm³/mol. The first kappa shape index (κ1) is 11.0. The van der Waals surface area contributed by atoms with Crippen LogP contribution in [0.25, 0.3) is 0 Å². The summed E-state index contributed by atoms with van der Waals surface area (Å²) in [7, 11) is 0. The molecule has 0 heterocycles. The van der Waals surface area contributed by atoms with Crippen LogP contribution in [0.4, 0.5) is 5.69 Å². The normalized spacial score (nSPS) is 9.93. The average Bonchev–Trinajstić information content (AvgIpc) is 2.01. The van der Waals surface area contributed by atoms with Crippen LogP contribution in [0.3, 0.4) is 0 Å². The summed E-state index contributed by atoms with van der Waals surface area (Å²) in [5.41, 5.74) is 6.67. The molecule has 0 bridgehead atoms. The van der Waals surface area contributed by atoms with Gasteiger partial charge >= 0.3 is 0 Å². The molecule has 1 rings (SSSR count). The van der Waals surface area contributed by atoms with E-state index >= 15 is 0 Å². The van der Waals surface area contributed by atoms with Crippen molar-refractivity contribution < 1.29 is 9.53 Å². The van der Waals surface area contributed by atoms with E-state index in [1.807, 2.05) is 6.92 Å². The first-order valence-electron chi connectivity index (χ1n) is 4.29. The van der Waals surface area contributed by atoms with Crippen molar-refractivity contribution in [2.45, 2.75) is 13.8 Å². The molecule has 0 fully saturated rings. The van der Waals surface area contributed by atoms with E-state index in [0.717, 1.165) is 0 Å². The summed E-state index contributed by atoms with van der Waals surface area (Å²) in [6, 6.07) is 3.40. The Bertz CT molecular complexity index is 340. The van der Waals surface area contributed by atoms with Crippen molar-refractivity contribution in [3.8, 4) is 5.75 Å². The number of ketones is 1. The fraction of sp³-hybridized carbons (Fsp3) is 0.300. The number of ether oxygens (including phenoxy) is 1. The van der Waals surface area contributed by atoms with Crippen LogP contribution in [-0.4, -0.2) is 12.4 Å². The van der Waals surface area contributed by atoms with Crippen LogP contribution < -0.4 is 10.5 Å². The van der Waals surface area contributed by atoms with Crippen molar-refractivity contribution in [1.82, 2.24) is 0 Å². The number of Topliss-reactive ketones (excluding diaryl/α,β-unsaturated/α-hetero) is 1. The number of nitrogens with two attached hydrogens (primary N) is 1. The summed E-state index contributed by atoms with van der Waals surface area (Å²) >= 11 is 3.29. The Labute approximate surface area is 91.4 Å². The second kappa shape index (κ2) is 4.46. The molecule has 0 aliphatic carbocycles. The third-order valence-corrected chi connectivity index (χ3v) is 2.38. The topological polar surface area (TPSA) is 52.3 Å². The standard InChI is InChI=1S/C10H12BrNO2/c1-3-14-7-4-8(11)10(6(2)13)9(12)5-7/h4-5H,3,12H2,1-2H3. The van der Waals surface area contributed by atoms with E-state index in [9.17, 15) is 4.79 Å². The van der Waals surface area contributed by atoms with Gasteiger partial charge in [0.05, 0.1) is 12.2 Å². The van der Waals surface area contributed by atoms with Crippen LogP contribution in [0.15, 0.2) is 16.6 Å². The van der Waals surface area contributed by atoms with Gasteiger partial charge < -0.3 is 10.5 Å². The quantitative estimate of drug-likeness (QED) is 0.669. The maximum absolute atomic E-state index is 11.2. The van der Waals surface area contributed by atoms with E-state index in [1.165, 1.54) is 6.92 Å². The van der Waals surface area contributed by atoms with E-state index in [1.54, 1.807) is 12.1 Å². The van der Waals surface area contributed by atoms with Crippen molar-refractivity contribution in [2.75, 3.05) is 12.3 Å². The van der Waals surface area contributed by atoms with Gasteiger partial charge in [-0.2, -0.15) is 0 Å². The molecule has 0 spiro atoms. The number of hydrogen-bond donors (Lipinski definition) is 1. The molecule has 0 aromatic heterocycles. The molecular weight excluding hydrogens is 246 g/mol. The van der Waals surface area contributed by atoms with Gasteiger partial charge in [0.2, 0.25) is 0 Å². The first-order chi connectivity index (χ1) is 6.56. The molecule has 0 saturated heterocycles. The van der Waals surface area contributed by atoms with Gasteiger partial charge in [-0.25, -0.2) is 0 Å². The number of carbonyl (C=O) groups excluding carboxylic acids is 1. The van der Waals surface area contributed by atoms with E-state index in [4.69, 9.17) is 10.5 Å². The molecule has 4 heteroatoms. The summed E-state index contributed by atoms with van der Waals surface area (Å²) in [5, 5.41) is 0. The zero-order valence-corrected chi connectivity index (χ0v) is 9.72. The SMILES string of the molecule is CCOc1cc(N)c(C(C)=O)c(Br)c1. The second-order valence-corrected chi connectivity index (χ2v) is 3.71. The molecule has 3 nitrogen and oxygen atoms in total. The van der Waals surface area contributed by atoms with E-state index < -0.39 is 0 Å². The van der Waals surface area contributed by atoms with Gasteiger partial charge in [0.1, 0.15) is 5.75 Å². The Morgan fingerprint density at radius 1 is 1.57 bits per heavy atom. The maximum Gasteiger partial charge on any atom is 0.163 e. The molecule has 0 radical (unpaired) electrons. The van der Waals surface area contributed by atoms with E-state index in [2.05, 4.69) is 15.9 Å². The third kappa shape index (κ3) is 2.26. The van der Waals surface area contributed by atoms with Crippen LogP contribution in [0.5, 0.6) is 5.75 Å². The first-order valence-corrected chi connectivity index (χ1v) is 5.08. The van der Waals surface area contributed by atoms with Crippen LogP contribution >= 0.6 is 15.9 Å². The zero-order chi connectivity index (χ0) is 10.7. The van der Waals surface area contributed by atoms with Gasteiger partial charge in [-0.3, -0.25) is 4.79 Å². The highest BCUT2D eigenvalue weighted by molar-refractivity contribution is 9.10. The van der Waals surface area contributed by atoms with Crippen LogP contribution in [0.2, 0.25) is 0 Å². The molecule has 0 aliphatic rings. The molecule has 1 aromatic carbocycles. The van der Waals surface area contributed by atoms with Gasteiger partial charge in [0.15, 0.2) is 5.78 Å². The minimum atomic E-state index is -0.0579. The number of anilines is 1. The lowest BCUT2D eigenvalue weighted by Gasteiger charge is -2.09.